The van der Waals surface area contributed by atoms with E-state index in [0.717, 1.165) is 6.42 Å². The van der Waals surface area contributed by atoms with Crippen LogP contribution in [0.5, 0.6) is 0 Å². The number of carbonyl (C=O) groups excluding carboxylic acids is 1. The van der Waals surface area contributed by atoms with E-state index in [4.69, 9.17) is 5.11 Å². The molecule has 0 aromatic heterocycles. The Morgan fingerprint density at radius 1 is 1.42 bits per heavy atom. The fraction of sp³-hybridized carbons (Fsp3) is 0.889. The third-order valence-corrected chi connectivity index (χ3v) is 2.09. The van der Waals surface area contributed by atoms with E-state index in [9.17, 15) is 4.79 Å². The first-order valence-corrected chi connectivity index (χ1v) is 4.56. The first-order valence-electron chi connectivity index (χ1n) is 4.56. The van der Waals surface area contributed by atoms with Crippen LogP contribution in [-0.4, -0.2) is 23.7 Å². The van der Waals surface area contributed by atoms with Crippen molar-refractivity contribution >= 4 is 5.91 Å². The van der Waals surface area contributed by atoms with E-state index in [1.165, 1.54) is 0 Å². The Morgan fingerprint density at radius 2 is 2.00 bits per heavy atom. The molecule has 0 spiro atoms. The lowest BCUT2D eigenvalue weighted by atomic mass is 10.1. The monoisotopic (exact) mass is 173 g/mol. The molecule has 0 aromatic carbocycles. The van der Waals surface area contributed by atoms with Gasteiger partial charge in [-0.2, -0.15) is 0 Å². The van der Waals surface area contributed by atoms with Crippen LogP contribution in [0.1, 0.15) is 33.6 Å². The van der Waals surface area contributed by atoms with Gasteiger partial charge in [0.2, 0.25) is 5.91 Å². The van der Waals surface area contributed by atoms with Gasteiger partial charge in [-0.3, -0.25) is 4.79 Å². The van der Waals surface area contributed by atoms with Gasteiger partial charge < -0.3 is 10.4 Å². The molecule has 3 heteroatoms. The van der Waals surface area contributed by atoms with Gasteiger partial charge >= 0.3 is 0 Å². The van der Waals surface area contributed by atoms with E-state index in [0.29, 0.717) is 6.42 Å². The van der Waals surface area contributed by atoms with Crippen molar-refractivity contribution in [2.75, 3.05) is 6.61 Å². The van der Waals surface area contributed by atoms with Gasteiger partial charge in [-0.05, 0) is 19.8 Å². The third kappa shape index (κ3) is 3.72. The second kappa shape index (κ2) is 6.00. The average Bonchev–Trinajstić information content (AvgIpc) is 2.06. The van der Waals surface area contributed by atoms with Gasteiger partial charge in [0.15, 0.2) is 0 Å². The highest BCUT2D eigenvalue weighted by atomic mass is 16.3. The smallest absolute Gasteiger partial charge is 0.225 e. The zero-order valence-corrected chi connectivity index (χ0v) is 8.13. The summed E-state index contributed by atoms with van der Waals surface area (Å²) >= 11 is 0. The molecule has 0 rings (SSSR count). The minimum absolute atomic E-state index is 0.0330. The lowest BCUT2D eigenvalue weighted by Gasteiger charge is -2.16. The molecule has 2 unspecified atom stereocenters. The van der Waals surface area contributed by atoms with Gasteiger partial charge in [0.05, 0.1) is 12.5 Å². The Labute approximate surface area is 74.2 Å². The minimum Gasteiger partial charge on any atom is -0.396 e. The van der Waals surface area contributed by atoms with Gasteiger partial charge in [0.1, 0.15) is 0 Å². The fourth-order valence-corrected chi connectivity index (χ4v) is 0.860. The largest absolute Gasteiger partial charge is 0.396 e. The Morgan fingerprint density at radius 3 is 2.33 bits per heavy atom. The SMILES string of the molecule is CCC(C)NC(=O)C(CC)CO. The molecule has 0 aliphatic carbocycles. The summed E-state index contributed by atoms with van der Waals surface area (Å²) in [7, 11) is 0. The summed E-state index contributed by atoms with van der Waals surface area (Å²) in [6.45, 7) is 5.82. The van der Waals surface area contributed by atoms with Gasteiger partial charge in [0, 0.05) is 6.04 Å². The van der Waals surface area contributed by atoms with Gasteiger partial charge in [0.25, 0.3) is 0 Å². The molecule has 1 amide bonds. The normalized spacial score (nSPS) is 15.3. The molecule has 0 radical (unpaired) electrons. The number of rotatable bonds is 5. The molecule has 0 fully saturated rings. The lowest BCUT2D eigenvalue weighted by molar-refractivity contribution is -0.126. The summed E-state index contributed by atoms with van der Waals surface area (Å²) in [6.07, 6.45) is 1.62. The van der Waals surface area contributed by atoms with Gasteiger partial charge in [-0.15, -0.1) is 0 Å². The maximum Gasteiger partial charge on any atom is 0.225 e. The van der Waals surface area contributed by atoms with Crippen LogP contribution in [0.25, 0.3) is 0 Å². The molecule has 0 aliphatic rings. The molecule has 2 atom stereocenters. The Hall–Kier alpha value is -0.570. The zero-order valence-electron chi connectivity index (χ0n) is 8.13. The van der Waals surface area contributed by atoms with Crippen LogP contribution in [0, 0.1) is 5.92 Å². The number of carbonyl (C=O) groups is 1. The Kier molecular flexibility index (Phi) is 5.72. The topological polar surface area (TPSA) is 49.3 Å². The molecule has 72 valence electrons. The molecule has 12 heavy (non-hydrogen) atoms. The van der Waals surface area contributed by atoms with Crippen LogP contribution in [0.3, 0.4) is 0 Å². The maximum absolute atomic E-state index is 11.3. The van der Waals surface area contributed by atoms with Crippen molar-refractivity contribution in [1.82, 2.24) is 5.32 Å². The van der Waals surface area contributed by atoms with Crippen LogP contribution in [-0.2, 0) is 4.79 Å². The van der Waals surface area contributed by atoms with Crippen molar-refractivity contribution in [3.05, 3.63) is 0 Å². The summed E-state index contributed by atoms with van der Waals surface area (Å²) in [5, 5.41) is 11.7. The van der Waals surface area contributed by atoms with E-state index in [2.05, 4.69) is 5.32 Å². The molecule has 0 heterocycles. The molecule has 0 saturated heterocycles. The second-order valence-electron chi connectivity index (χ2n) is 3.11. The van der Waals surface area contributed by atoms with Crippen LogP contribution in [0.2, 0.25) is 0 Å². The highest BCUT2D eigenvalue weighted by Gasteiger charge is 2.15. The second-order valence-corrected chi connectivity index (χ2v) is 3.11. The number of aliphatic hydroxyl groups excluding tert-OH is 1. The fourth-order valence-electron chi connectivity index (χ4n) is 0.860. The van der Waals surface area contributed by atoms with E-state index < -0.39 is 0 Å². The Balaban J connectivity index is 3.84. The first kappa shape index (κ1) is 11.4. The van der Waals surface area contributed by atoms with Crippen molar-refractivity contribution in [1.29, 1.82) is 0 Å². The standard InChI is InChI=1S/C9H19NO2/c1-4-7(3)10-9(12)8(5-2)6-11/h7-8,11H,4-6H2,1-3H3,(H,10,12). The number of hydrogen-bond donors (Lipinski definition) is 2. The summed E-state index contributed by atoms with van der Waals surface area (Å²) < 4.78 is 0. The van der Waals surface area contributed by atoms with E-state index in [1.54, 1.807) is 0 Å². The van der Waals surface area contributed by atoms with Crippen molar-refractivity contribution in [3.8, 4) is 0 Å². The average molecular weight is 173 g/mol. The quantitative estimate of drug-likeness (QED) is 0.649. The summed E-state index contributed by atoms with van der Waals surface area (Å²) in [5.74, 6) is -0.270. The number of aliphatic hydroxyl groups is 1. The Bertz CT molecular complexity index is 132. The molecule has 0 aromatic rings. The lowest BCUT2D eigenvalue weighted by Crippen LogP contribution is -2.37. The summed E-state index contributed by atoms with van der Waals surface area (Å²) in [5.41, 5.74) is 0. The molecular formula is C9H19NO2. The number of amides is 1. The van der Waals surface area contributed by atoms with Crippen molar-refractivity contribution < 1.29 is 9.90 Å². The van der Waals surface area contributed by atoms with Gasteiger partial charge in [-0.25, -0.2) is 0 Å². The maximum atomic E-state index is 11.3. The molecule has 0 aliphatic heterocycles. The first-order chi connectivity index (χ1) is 5.65. The van der Waals surface area contributed by atoms with E-state index in [1.807, 2.05) is 20.8 Å². The molecule has 3 nitrogen and oxygen atoms in total. The van der Waals surface area contributed by atoms with Gasteiger partial charge in [-0.1, -0.05) is 13.8 Å². The number of hydrogen-bond acceptors (Lipinski definition) is 2. The minimum atomic E-state index is -0.237. The van der Waals surface area contributed by atoms with Crippen LogP contribution in [0.4, 0.5) is 0 Å². The zero-order chi connectivity index (χ0) is 9.56. The van der Waals surface area contributed by atoms with Crippen molar-refractivity contribution in [2.24, 2.45) is 5.92 Å². The van der Waals surface area contributed by atoms with Crippen LogP contribution < -0.4 is 5.32 Å². The summed E-state index contributed by atoms with van der Waals surface area (Å²) in [6, 6.07) is 0.207. The molecule has 0 bridgehead atoms. The molecule has 0 saturated carbocycles. The molecule has 2 N–H and O–H groups in total. The van der Waals surface area contributed by atoms with Crippen LogP contribution >= 0.6 is 0 Å². The number of nitrogens with one attached hydrogen (secondary N) is 1. The summed E-state index contributed by atoms with van der Waals surface area (Å²) in [4.78, 5) is 11.3. The predicted molar refractivity (Wildman–Crippen MR) is 48.8 cm³/mol. The van der Waals surface area contributed by atoms with Crippen LogP contribution in [0.15, 0.2) is 0 Å². The van der Waals surface area contributed by atoms with E-state index >= 15 is 0 Å². The van der Waals surface area contributed by atoms with Crippen molar-refractivity contribution in [2.45, 2.75) is 39.7 Å². The highest BCUT2D eigenvalue weighted by Crippen LogP contribution is 2.01. The molecular weight excluding hydrogens is 154 g/mol. The highest BCUT2D eigenvalue weighted by molar-refractivity contribution is 5.78. The van der Waals surface area contributed by atoms with Crippen molar-refractivity contribution in [3.63, 3.8) is 0 Å². The third-order valence-electron chi connectivity index (χ3n) is 2.09. The van der Waals surface area contributed by atoms with E-state index in [-0.39, 0.29) is 24.5 Å². The predicted octanol–water partition coefficient (Wildman–Crippen LogP) is 0.920.